The van der Waals surface area contributed by atoms with Crippen LogP contribution in [0.3, 0.4) is 0 Å². The third kappa shape index (κ3) is 7.48. The zero-order chi connectivity index (χ0) is 21.2. The molecule has 0 fully saturated rings. The van der Waals surface area contributed by atoms with Gasteiger partial charge in [0.1, 0.15) is 6.61 Å². The van der Waals surface area contributed by atoms with Crippen LogP contribution in [0.15, 0.2) is 48.5 Å². The number of likely N-dealkylation sites (N-methyl/N-ethyl adjacent to an activating group) is 1. The van der Waals surface area contributed by atoms with Gasteiger partial charge in [-0.1, -0.05) is 30.3 Å². The van der Waals surface area contributed by atoms with Gasteiger partial charge in [0.25, 0.3) is 0 Å². The number of hydrogen-bond acceptors (Lipinski definition) is 5. The van der Waals surface area contributed by atoms with Crippen LogP contribution in [0.25, 0.3) is 0 Å². The molecule has 2 rings (SSSR count). The lowest BCUT2D eigenvalue weighted by Crippen LogP contribution is -2.29. The minimum absolute atomic E-state index is 0.00131. The number of ketones is 1. The number of amides is 2. The highest BCUT2D eigenvalue weighted by molar-refractivity contribution is 5.94. The lowest BCUT2D eigenvalue weighted by Gasteiger charge is -2.23. The van der Waals surface area contributed by atoms with E-state index in [0.717, 1.165) is 11.1 Å². The summed E-state index contributed by atoms with van der Waals surface area (Å²) in [5.74, 6) is -0.636. The fraction of sp³-hybridized carbons (Fsp3) is 0.318. The summed E-state index contributed by atoms with van der Waals surface area (Å²) in [6.45, 7) is 3.64. The standard InChI is InChI=1S/C22H27N3O4/c1-16(26)19-7-3-5-17(11-19)13-25(9-10-29-15-21(27)24-2)14-18-6-4-8-20(12-18)22(23)28/h3-8,11-12H,9-10,13-15H2,1-2H3,(H2,23,28)(H,24,27). The maximum Gasteiger partial charge on any atom is 0.248 e. The number of primary amides is 1. The topological polar surface area (TPSA) is 102 Å². The van der Waals surface area contributed by atoms with E-state index < -0.39 is 5.91 Å². The van der Waals surface area contributed by atoms with Crippen LogP contribution in [0.2, 0.25) is 0 Å². The van der Waals surface area contributed by atoms with Crippen molar-refractivity contribution < 1.29 is 19.1 Å². The first kappa shape index (κ1) is 22.3. The lowest BCUT2D eigenvalue weighted by atomic mass is 10.1. The fourth-order valence-corrected chi connectivity index (χ4v) is 2.87. The van der Waals surface area contributed by atoms with Gasteiger partial charge in [0.05, 0.1) is 6.61 Å². The van der Waals surface area contributed by atoms with E-state index in [0.29, 0.717) is 37.4 Å². The number of nitrogens with one attached hydrogen (secondary N) is 1. The van der Waals surface area contributed by atoms with Crippen molar-refractivity contribution in [2.24, 2.45) is 5.73 Å². The van der Waals surface area contributed by atoms with E-state index in [4.69, 9.17) is 10.5 Å². The number of nitrogens with zero attached hydrogens (tertiary/aromatic N) is 1. The zero-order valence-corrected chi connectivity index (χ0v) is 16.8. The summed E-state index contributed by atoms with van der Waals surface area (Å²) in [5, 5.41) is 2.51. The third-order valence-corrected chi connectivity index (χ3v) is 4.42. The van der Waals surface area contributed by atoms with Crippen LogP contribution in [0.5, 0.6) is 0 Å². The van der Waals surface area contributed by atoms with Crippen LogP contribution >= 0.6 is 0 Å². The predicted molar refractivity (Wildman–Crippen MR) is 110 cm³/mol. The molecule has 0 spiro atoms. The van der Waals surface area contributed by atoms with Crippen molar-refractivity contribution in [3.8, 4) is 0 Å². The van der Waals surface area contributed by atoms with E-state index in [1.165, 1.54) is 0 Å². The molecule has 0 aromatic heterocycles. The van der Waals surface area contributed by atoms with Gasteiger partial charge in [0.15, 0.2) is 5.78 Å². The SMILES string of the molecule is CNC(=O)COCCN(Cc1cccc(C(C)=O)c1)Cc1cccc(C(N)=O)c1. The summed E-state index contributed by atoms with van der Waals surface area (Å²) >= 11 is 0. The summed E-state index contributed by atoms with van der Waals surface area (Å²) in [4.78, 5) is 36.6. The highest BCUT2D eigenvalue weighted by atomic mass is 16.5. The Morgan fingerprint density at radius 2 is 1.59 bits per heavy atom. The molecule has 0 radical (unpaired) electrons. The van der Waals surface area contributed by atoms with Gasteiger partial charge in [0.2, 0.25) is 11.8 Å². The second-order valence-corrected chi connectivity index (χ2v) is 6.76. The summed E-state index contributed by atoms with van der Waals surface area (Å²) in [6.07, 6.45) is 0. The number of carbonyl (C=O) groups is 3. The van der Waals surface area contributed by atoms with Crippen molar-refractivity contribution in [1.82, 2.24) is 10.2 Å². The Hall–Kier alpha value is -3.03. The number of nitrogens with two attached hydrogens (primary N) is 1. The molecule has 2 aromatic rings. The van der Waals surface area contributed by atoms with Crippen molar-refractivity contribution in [1.29, 1.82) is 0 Å². The molecule has 0 heterocycles. The van der Waals surface area contributed by atoms with E-state index in [1.54, 1.807) is 38.2 Å². The fourth-order valence-electron chi connectivity index (χ4n) is 2.87. The maximum absolute atomic E-state index is 11.7. The summed E-state index contributed by atoms with van der Waals surface area (Å²) < 4.78 is 5.43. The minimum atomic E-state index is -0.471. The number of carbonyl (C=O) groups excluding carboxylic acids is 3. The van der Waals surface area contributed by atoms with Crippen molar-refractivity contribution in [3.05, 3.63) is 70.8 Å². The van der Waals surface area contributed by atoms with Crippen LogP contribution < -0.4 is 11.1 Å². The maximum atomic E-state index is 11.7. The van der Waals surface area contributed by atoms with Crippen LogP contribution in [0.4, 0.5) is 0 Å². The van der Waals surface area contributed by atoms with Crippen molar-refractivity contribution in [2.45, 2.75) is 20.0 Å². The molecule has 29 heavy (non-hydrogen) atoms. The Morgan fingerprint density at radius 3 is 2.14 bits per heavy atom. The highest BCUT2D eigenvalue weighted by Gasteiger charge is 2.11. The third-order valence-electron chi connectivity index (χ3n) is 4.42. The molecule has 2 amide bonds. The molecule has 3 N–H and O–H groups in total. The molecule has 0 aliphatic rings. The Balaban J connectivity index is 2.11. The van der Waals surface area contributed by atoms with E-state index in [9.17, 15) is 14.4 Å². The Bertz CT molecular complexity index is 807. The van der Waals surface area contributed by atoms with Crippen molar-refractivity contribution >= 4 is 17.6 Å². The second-order valence-electron chi connectivity index (χ2n) is 6.76. The van der Waals surface area contributed by atoms with Crippen LogP contribution in [0.1, 0.15) is 38.8 Å². The second kappa shape index (κ2) is 11.1. The molecule has 0 atom stereocenters. The molecule has 7 heteroatoms. The Morgan fingerprint density at radius 1 is 1.00 bits per heavy atom. The zero-order valence-electron chi connectivity index (χ0n) is 16.8. The molecule has 0 saturated heterocycles. The predicted octanol–water partition coefficient (Wildman–Crippen LogP) is 1.75. The van der Waals surface area contributed by atoms with Crippen molar-refractivity contribution in [3.63, 3.8) is 0 Å². The van der Waals surface area contributed by atoms with Gasteiger partial charge >= 0.3 is 0 Å². The van der Waals surface area contributed by atoms with Gasteiger partial charge in [-0.2, -0.15) is 0 Å². The summed E-state index contributed by atoms with van der Waals surface area (Å²) in [6, 6.07) is 14.7. The normalized spacial score (nSPS) is 10.7. The Kier molecular flexibility index (Phi) is 8.51. The van der Waals surface area contributed by atoms with Gasteiger partial charge in [-0.15, -0.1) is 0 Å². The van der Waals surface area contributed by atoms with Crippen LogP contribution in [-0.4, -0.2) is 49.3 Å². The molecular formula is C22H27N3O4. The van der Waals surface area contributed by atoms with E-state index in [2.05, 4.69) is 10.2 Å². The smallest absolute Gasteiger partial charge is 0.248 e. The molecule has 0 aliphatic heterocycles. The first-order valence-electron chi connectivity index (χ1n) is 9.38. The lowest BCUT2D eigenvalue weighted by molar-refractivity contribution is -0.125. The van der Waals surface area contributed by atoms with E-state index in [1.807, 2.05) is 24.3 Å². The van der Waals surface area contributed by atoms with Gasteiger partial charge in [-0.3, -0.25) is 19.3 Å². The number of Topliss-reactive ketones (excluding diaryl/α,β-unsaturated/α-hetero) is 1. The molecular weight excluding hydrogens is 370 g/mol. The Labute approximate surface area is 170 Å². The minimum Gasteiger partial charge on any atom is -0.370 e. The average Bonchev–Trinajstić information content (AvgIpc) is 2.71. The largest absolute Gasteiger partial charge is 0.370 e. The van der Waals surface area contributed by atoms with E-state index >= 15 is 0 Å². The van der Waals surface area contributed by atoms with E-state index in [-0.39, 0.29) is 18.3 Å². The quantitative estimate of drug-likeness (QED) is 0.444. The first-order chi connectivity index (χ1) is 13.9. The average molecular weight is 397 g/mol. The van der Waals surface area contributed by atoms with Crippen LogP contribution in [-0.2, 0) is 22.6 Å². The van der Waals surface area contributed by atoms with Gasteiger partial charge in [-0.25, -0.2) is 0 Å². The highest BCUT2D eigenvalue weighted by Crippen LogP contribution is 2.13. The summed E-state index contributed by atoms with van der Waals surface area (Å²) in [5.41, 5.74) is 8.43. The molecule has 0 unspecified atom stereocenters. The summed E-state index contributed by atoms with van der Waals surface area (Å²) in [7, 11) is 1.56. The number of hydrogen-bond donors (Lipinski definition) is 2. The van der Waals surface area contributed by atoms with Crippen LogP contribution in [0, 0.1) is 0 Å². The number of ether oxygens (including phenoxy) is 1. The first-order valence-corrected chi connectivity index (χ1v) is 9.38. The number of rotatable bonds is 11. The van der Waals surface area contributed by atoms with Gasteiger partial charge in [0, 0.05) is 37.8 Å². The molecule has 154 valence electrons. The molecule has 0 bridgehead atoms. The van der Waals surface area contributed by atoms with Crippen molar-refractivity contribution in [2.75, 3.05) is 26.8 Å². The molecule has 0 saturated carbocycles. The monoisotopic (exact) mass is 397 g/mol. The molecule has 2 aromatic carbocycles. The molecule has 0 aliphatic carbocycles. The van der Waals surface area contributed by atoms with Gasteiger partial charge in [-0.05, 0) is 36.2 Å². The molecule has 7 nitrogen and oxygen atoms in total. The number of benzene rings is 2. The van der Waals surface area contributed by atoms with Gasteiger partial charge < -0.3 is 15.8 Å².